The molecule has 0 spiro atoms. The summed E-state index contributed by atoms with van der Waals surface area (Å²) in [6, 6.07) is 0. The van der Waals surface area contributed by atoms with Gasteiger partial charge in [-0.25, -0.2) is 4.21 Å². The van der Waals surface area contributed by atoms with Crippen LogP contribution in [0.15, 0.2) is 0 Å². The van der Waals surface area contributed by atoms with Crippen LogP contribution in [0.25, 0.3) is 0 Å². The summed E-state index contributed by atoms with van der Waals surface area (Å²) in [7, 11) is -5.18. The van der Waals surface area contributed by atoms with Crippen LogP contribution in [-0.4, -0.2) is 22.8 Å². The van der Waals surface area contributed by atoms with E-state index in [9.17, 15) is 13.3 Å². The molecule has 0 aromatic heterocycles. The Balaban J connectivity index is 6.40. The Morgan fingerprint density at radius 2 is 1.11 bits per heavy atom. The zero-order valence-electron chi connectivity index (χ0n) is 11.7. The number of hydrogen-bond acceptors (Lipinski definition) is 1. The molecule has 18 heavy (non-hydrogen) atoms. The van der Waals surface area contributed by atoms with Crippen molar-refractivity contribution in [2.24, 2.45) is 0 Å². The summed E-state index contributed by atoms with van der Waals surface area (Å²) >= 11 is 0. The molecule has 0 saturated heterocycles. The first-order valence-electron chi connectivity index (χ1n) is 6.26. The molecule has 0 aliphatic rings. The van der Waals surface area contributed by atoms with Gasteiger partial charge in [-0.05, 0) is 25.7 Å². The third-order valence-electron chi connectivity index (χ3n) is 4.22. The molecular formula is C14H24O3S. The normalized spacial score (nSPS) is 15.2. The van der Waals surface area contributed by atoms with Crippen molar-refractivity contribution in [2.45, 2.75) is 62.9 Å². The van der Waals surface area contributed by atoms with E-state index in [-0.39, 0.29) is 25.7 Å². The van der Waals surface area contributed by atoms with E-state index in [1.54, 1.807) is 27.7 Å². The maximum Gasteiger partial charge on any atom is 0.130 e. The highest BCUT2D eigenvalue weighted by atomic mass is 32.3. The lowest BCUT2D eigenvalue weighted by molar-refractivity contribution is 0.316. The Morgan fingerprint density at radius 1 is 0.889 bits per heavy atom. The molecule has 0 saturated carbocycles. The van der Waals surface area contributed by atoms with Crippen molar-refractivity contribution < 1.29 is 13.3 Å². The van der Waals surface area contributed by atoms with Crippen molar-refractivity contribution in [3.8, 4) is 24.7 Å². The first-order chi connectivity index (χ1) is 8.15. The molecule has 0 atom stereocenters. The van der Waals surface area contributed by atoms with E-state index in [0.717, 1.165) is 0 Å². The van der Waals surface area contributed by atoms with Crippen LogP contribution in [-0.2, 0) is 9.63 Å². The van der Waals surface area contributed by atoms with Gasteiger partial charge in [0.25, 0.3) is 0 Å². The molecule has 0 unspecified atom stereocenters. The van der Waals surface area contributed by atoms with E-state index in [1.807, 2.05) is 0 Å². The number of terminal acetylenes is 2. The third kappa shape index (κ3) is 1.80. The largest absolute Gasteiger partial charge is 0.305 e. The van der Waals surface area contributed by atoms with E-state index in [2.05, 4.69) is 11.8 Å². The van der Waals surface area contributed by atoms with Gasteiger partial charge in [0.05, 0.1) is 0 Å². The summed E-state index contributed by atoms with van der Waals surface area (Å²) in [5.41, 5.74) is 0. The molecule has 0 rings (SSSR count). The Morgan fingerprint density at radius 3 is 1.22 bits per heavy atom. The predicted molar refractivity (Wildman–Crippen MR) is 77.7 cm³/mol. The van der Waals surface area contributed by atoms with Crippen LogP contribution in [0.2, 0.25) is 0 Å². The minimum atomic E-state index is -5.18. The van der Waals surface area contributed by atoms with Crippen LogP contribution >= 0.6 is 0 Å². The Kier molecular flexibility index (Phi) is 4.83. The van der Waals surface area contributed by atoms with Crippen LogP contribution in [0, 0.1) is 24.7 Å². The van der Waals surface area contributed by atoms with E-state index >= 15 is 0 Å². The lowest BCUT2D eigenvalue weighted by Crippen LogP contribution is -2.66. The molecule has 0 aliphatic carbocycles. The molecule has 4 heteroatoms. The molecule has 0 aromatic rings. The topological polar surface area (TPSA) is 57.5 Å². The summed E-state index contributed by atoms with van der Waals surface area (Å²) in [4.78, 5) is 0. The van der Waals surface area contributed by atoms with Gasteiger partial charge in [-0.2, -0.15) is 0 Å². The molecule has 0 fully saturated rings. The summed E-state index contributed by atoms with van der Waals surface area (Å²) in [6.45, 7) is 6.76. The predicted octanol–water partition coefficient (Wildman–Crippen LogP) is 3.14. The van der Waals surface area contributed by atoms with Gasteiger partial charge in [-0.1, -0.05) is 39.5 Å². The van der Waals surface area contributed by atoms with Crippen molar-refractivity contribution in [1.82, 2.24) is 0 Å². The van der Waals surface area contributed by atoms with Crippen LogP contribution < -0.4 is 0 Å². The zero-order chi connectivity index (χ0) is 14.7. The highest BCUT2D eigenvalue weighted by molar-refractivity contribution is 8.13. The van der Waals surface area contributed by atoms with Crippen molar-refractivity contribution >= 4 is 9.63 Å². The van der Waals surface area contributed by atoms with Gasteiger partial charge in [0.15, 0.2) is 0 Å². The summed E-state index contributed by atoms with van der Waals surface area (Å²) in [6.07, 6.45) is 11.7. The fourth-order valence-electron chi connectivity index (χ4n) is 2.54. The molecule has 0 heterocycles. The summed E-state index contributed by atoms with van der Waals surface area (Å²) in [5.74, 6) is 4.69. The average molecular weight is 272 g/mol. The molecule has 0 aromatic carbocycles. The fourth-order valence-corrected chi connectivity index (χ4v) is 5.79. The highest BCUT2D eigenvalue weighted by Crippen LogP contribution is 2.51. The fraction of sp³-hybridized carbons (Fsp3) is 0.714. The van der Waals surface area contributed by atoms with Crippen molar-refractivity contribution in [1.29, 1.82) is 0 Å². The number of rotatable bonds is 6. The SMILES string of the molecule is C#CC(CC)(CC)S(=O)(O)(O)C(C#C)(CC)CC. The van der Waals surface area contributed by atoms with Crippen LogP contribution in [0.1, 0.15) is 53.4 Å². The van der Waals surface area contributed by atoms with Gasteiger partial charge in [0, 0.05) is 0 Å². The van der Waals surface area contributed by atoms with E-state index in [0.29, 0.717) is 0 Å². The second kappa shape index (κ2) is 5.05. The smallest absolute Gasteiger partial charge is 0.130 e. The highest BCUT2D eigenvalue weighted by Gasteiger charge is 2.63. The van der Waals surface area contributed by atoms with Gasteiger partial charge in [0.1, 0.15) is 19.1 Å². The maximum atomic E-state index is 13.0. The Labute approximate surface area is 111 Å². The quantitative estimate of drug-likeness (QED) is 0.730. The first kappa shape index (κ1) is 17.2. The van der Waals surface area contributed by atoms with Gasteiger partial charge < -0.3 is 9.11 Å². The minimum absolute atomic E-state index is 0.196. The monoisotopic (exact) mass is 272 g/mol. The minimum Gasteiger partial charge on any atom is -0.305 e. The first-order valence-corrected chi connectivity index (χ1v) is 8.14. The van der Waals surface area contributed by atoms with Gasteiger partial charge >= 0.3 is 0 Å². The molecule has 0 bridgehead atoms. The summed E-state index contributed by atoms with van der Waals surface area (Å²) in [5, 5.41) is 0. The second-order valence-corrected chi connectivity index (χ2v) is 7.85. The maximum absolute atomic E-state index is 13.0. The molecular weight excluding hydrogens is 248 g/mol. The lowest BCUT2D eigenvalue weighted by Gasteiger charge is -2.54. The van der Waals surface area contributed by atoms with Gasteiger partial charge in [0.2, 0.25) is 0 Å². The van der Waals surface area contributed by atoms with E-state index < -0.39 is 19.1 Å². The van der Waals surface area contributed by atoms with Crippen LogP contribution in [0.4, 0.5) is 0 Å². The van der Waals surface area contributed by atoms with Crippen molar-refractivity contribution in [3.63, 3.8) is 0 Å². The lowest BCUT2D eigenvalue weighted by atomic mass is 10.0. The second-order valence-electron chi connectivity index (χ2n) is 4.56. The molecule has 0 aliphatic heterocycles. The van der Waals surface area contributed by atoms with E-state index in [4.69, 9.17) is 12.8 Å². The zero-order valence-corrected chi connectivity index (χ0v) is 12.5. The number of hydrogen-bond donors (Lipinski definition) is 2. The third-order valence-corrected chi connectivity index (χ3v) is 8.43. The molecule has 2 N–H and O–H groups in total. The molecule has 0 radical (unpaired) electrons. The van der Waals surface area contributed by atoms with Gasteiger partial charge in [-0.15, -0.1) is 12.8 Å². The van der Waals surface area contributed by atoms with Gasteiger partial charge in [-0.3, -0.25) is 0 Å². The Hall–Kier alpha value is -0.810. The summed E-state index contributed by atoms with van der Waals surface area (Å²) < 4.78 is 31.3. The molecule has 3 nitrogen and oxygen atoms in total. The van der Waals surface area contributed by atoms with Crippen molar-refractivity contribution in [3.05, 3.63) is 0 Å². The average Bonchev–Trinajstić information content (AvgIpc) is 2.33. The van der Waals surface area contributed by atoms with Crippen LogP contribution in [0.3, 0.4) is 0 Å². The van der Waals surface area contributed by atoms with E-state index in [1.165, 1.54) is 0 Å². The molecule has 0 amide bonds. The molecule has 104 valence electrons. The standard InChI is InChI=1S/C14H24O3S/c1-7-13(8-2,9-3)18(15,16,17)14(10-4,11-5)12-6/h1,4H,8-9,11-12H2,2-3,5-6H3,(H2,15,16,17). The Bertz CT molecular complexity index is 401. The van der Waals surface area contributed by atoms with Crippen molar-refractivity contribution in [2.75, 3.05) is 0 Å². The van der Waals surface area contributed by atoms with Crippen LogP contribution in [0.5, 0.6) is 0 Å².